The van der Waals surface area contributed by atoms with Crippen molar-refractivity contribution in [2.75, 3.05) is 0 Å². The zero-order valence-corrected chi connectivity index (χ0v) is 8.38. The second-order valence-electron chi connectivity index (χ2n) is 3.68. The highest BCUT2D eigenvalue weighted by Gasteiger charge is 2.19. The van der Waals surface area contributed by atoms with Gasteiger partial charge in [0, 0.05) is 10.3 Å². The Morgan fingerprint density at radius 1 is 1.45 bits per heavy atom. The summed E-state index contributed by atoms with van der Waals surface area (Å²) >= 11 is 1.64. The van der Waals surface area contributed by atoms with Crippen LogP contribution in [0.15, 0.2) is 0 Å². The minimum atomic E-state index is 0.182. The Hall–Kier alpha value is -0.370. The normalized spacial score (nSPS) is 12.0. The molecule has 0 bridgehead atoms. The molecular formula is C9H14NS. The van der Waals surface area contributed by atoms with Gasteiger partial charge in [-0.15, -0.1) is 11.3 Å². The van der Waals surface area contributed by atoms with Crippen LogP contribution in [0.3, 0.4) is 0 Å². The van der Waals surface area contributed by atoms with Gasteiger partial charge in [0.15, 0.2) is 5.51 Å². The SMILES string of the molecule is CCc1s[c]nc1C(C)(C)C. The van der Waals surface area contributed by atoms with E-state index < -0.39 is 0 Å². The first-order valence-corrected chi connectivity index (χ1v) is 4.73. The van der Waals surface area contributed by atoms with E-state index in [-0.39, 0.29) is 5.41 Å². The van der Waals surface area contributed by atoms with Crippen LogP contribution in [-0.4, -0.2) is 4.98 Å². The maximum Gasteiger partial charge on any atom is 0.152 e. The summed E-state index contributed by atoms with van der Waals surface area (Å²) in [6, 6.07) is 0. The van der Waals surface area contributed by atoms with Crippen molar-refractivity contribution in [3.8, 4) is 0 Å². The van der Waals surface area contributed by atoms with Gasteiger partial charge < -0.3 is 0 Å². The number of thiazole rings is 1. The van der Waals surface area contributed by atoms with Crippen LogP contribution in [0.1, 0.15) is 38.3 Å². The fourth-order valence-electron chi connectivity index (χ4n) is 1.06. The molecule has 0 fully saturated rings. The molecule has 0 saturated carbocycles. The molecule has 0 unspecified atom stereocenters. The third-order valence-corrected chi connectivity index (χ3v) is 2.53. The third kappa shape index (κ3) is 1.80. The number of nitrogens with zero attached hydrogens (tertiary/aromatic N) is 1. The van der Waals surface area contributed by atoms with Crippen molar-refractivity contribution in [1.29, 1.82) is 0 Å². The van der Waals surface area contributed by atoms with Gasteiger partial charge in [0.2, 0.25) is 0 Å². The van der Waals surface area contributed by atoms with Crippen LogP contribution < -0.4 is 0 Å². The van der Waals surface area contributed by atoms with Crippen LogP contribution in [0.4, 0.5) is 0 Å². The molecular weight excluding hydrogens is 154 g/mol. The van der Waals surface area contributed by atoms with Crippen molar-refractivity contribution in [3.05, 3.63) is 16.1 Å². The molecule has 0 saturated heterocycles. The van der Waals surface area contributed by atoms with E-state index in [1.165, 1.54) is 10.6 Å². The largest absolute Gasteiger partial charge is 0.238 e. The lowest BCUT2D eigenvalue weighted by Crippen LogP contribution is -2.13. The van der Waals surface area contributed by atoms with Gasteiger partial charge in [-0.2, -0.15) is 0 Å². The third-order valence-electron chi connectivity index (χ3n) is 1.62. The molecule has 1 heterocycles. The molecule has 1 radical (unpaired) electrons. The van der Waals surface area contributed by atoms with Crippen LogP contribution in [0.25, 0.3) is 0 Å². The molecule has 0 aliphatic rings. The van der Waals surface area contributed by atoms with E-state index >= 15 is 0 Å². The molecule has 1 aromatic rings. The number of aromatic nitrogens is 1. The highest BCUT2D eigenvalue weighted by molar-refractivity contribution is 7.09. The van der Waals surface area contributed by atoms with Gasteiger partial charge in [0.25, 0.3) is 0 Å². The molecule has 0 atom stereocenters. The van der Waals surface area contributed by atoms with Gasteiger partial charge in [0.05, 0.1) is 5.69 Å². The lowest BCUT2D eigenvalue weighted by atomic mass is 9.91. The van der Waals surface area contributed by atoms with E-state index in [4.69, 9.17) is 0 Å². The van der Waals surface area contributed by atoms with Crippen molar-refractivity contribution < 1.29 is 0 Å². The van der Waals surface area contributed by atoms with Gasteiger partial charge in [-0.05, 0) is 6.42 Å². The van der Waals surface area contributed by atoms with Gasteiger partial charge in [-0.25, -0.2) is 4.98 Å². The monoisotopic (exact) mass is 168 g/mol. The molecule has 1 aromatic heterocycles. The fourth-order valence-corrected chi connectivity index (χ4v) is 1.90. The predicted molar refractivity (Wildman–Crippen MR) is 49.0 cm³/mol. The number of hydrogen-bond donors (Lipinski definition) is 0. The molecule has 1 rings (SSSR count). The Kier molecular flexibility index (Phi) is 2.33. The van der Waals surface area contributed by atoms with Crippen molar-refractivity contribution in [2.45, 2.75) is 39.5 Å². The first kappa shape index (κ1) is 8.72. The van der Waals surface area contributed by atoms with E-state index in [2.05, 4.69) is 38.2 Å². The summed E-state index contributed by atoms with van der Waals surface area (Å²) in [7, 11) is 0. The molecule has 61 valence electrons. The minimum Gasteiger partial charge on any atom is -0.238 e. The molecule has 2 heteroatoms. The summed E-state index contributed by atoms with van der Waals surface area (Å²) in [6.45, 7) is 8.73. The van der Waals surface area contributed by atoms with E-state index in [0.717, 1.165) is 6.42 Å². The number of hydrogen-bond acceptors (Lipinski definition) is 2. The molecule has 0 spiro atoms. The summed E-state index contributed by atoms with van der Waals surface area (Å²) in [5, 5.41) is 0. The Morgan fingerprint density at radius 2 is 2.09 bits per heavy atom. The maximum atomic E-state index is 4.25. The molecule has 0 N–H and O–H groups in total. The summed E-state index contributed by atoms with van der Waals surface area (Å²) in [5.74, 6) is 0. The van der Waals surface area contributed by atoms with Crippen molar-refractivity contribution in [3.63, 3.8) is 0 Å². The molecule has 1 nitrogen and oxygen atoms in total. The smallest absolute Gasteiger partial charge is 0.152 e. The molecule has 11 heavy (non-hydrogen) atoms. The zero-order valence-electron chi connectivity index (χ0n) is 7.56. The second kappa shape index (κ2) is 2.94. The van der Waals surface area contributed by atoms with Gasteiger partial charge in [0.1, 0.15) is 0 Å². The van der Waals surface area contributed by atoms with Gasteiger partial charge in [-0.1, -0.05) is 27.7 Å². The van der Waals surface area contributed by atoms with Crippen molar-refractivity contribution in [2.24, 2.45) is 0 Å². The van der Waals surface area contributed by atoms with Crippen molar-refractivity contribution >= 4 is 11.3 Å². The van der Waals surface area contributed by atoms with Crippen LogP contribution >= 0.6 is 11.3 Å². The average Bonchev–Trinajstić information content (AvgIpc) is 2.31. The minimum absolute atomic E-state index is 0.182. The van der Waals surface area contributed by atoms with E-state index in [9.17, 15) is 0 Å². The van der Waals surface area contributed by atoms with E-state index in [1.54, 1.807) is 11.3 Å². The highest BCUT2D eigenvalue weighted by Crippen LogP contribution is 2.26. The number of rotatable bonds is 1. The van der Waals surface area contributed by atoms with Crippen LogP contribution in [0, 0.1) is 5.51 Å². The Labute approximate surface area is 72.5 Å². The predicted octanol–water partition coefficient (Wildman–Crippen LogP) is 2.80. The maximum absolute atomic E-state index is 4.25. The summed E-state index contributed by atoms with van der Waals surface area (Å²) in [5.41, 5.74) is 4.34. The van der Waals surface area contributed by atoms with Crippen LogP contribution in [0.5, 0.6) is 0 Å². The quantitative estimate of drug-likeness (QED) is 0.628. The van der Waals surface area contributed by atoms with E-state index in [1.807, 2.05) is 0 Å². The Bertz CT molecular complexity index is 232. The van der Waals surface area contributed by atoms with E-state index in [0.29, 0.717) is 0 Å². The summed E-state index contributed by atoms with van der Waals surface area (Å²) in [4.78, 5) is 5.62. The zero-order chi connectivity index (χ0) is 8.48. The highest BCUT2D eigenvalue weighted by atomic mass is 32.1. The first-order valence-electron chi connectivity index (χ1n) is 3.92. The molecule has 0 amide bonds. The number of aryl methyl sites for hydroxylation is 1. The van der Waals surface area contributed by atoms with Crippen LogP contribution in [-0.2, 0) is 11.8 Å². The topological polar surface area (TPSA) is 12.9 Å². The Morgan fingerprint density at radius 3 is 2.45 bits per heavy atom. The summed E-state index contributed by atoms with van der Waals surface area (Å²) in [6.07, 6.45) is 1.08. The lowest BCUT2D eigenvalue weighted by Gasteiger charge is -2.16. The molecule has 0 aliphatic carbocycles. The standard InChI is InChI=1S/C9H14NS/c1-5-7-8(9(2,3)4)10-6-11-7/h5H2,1-4H3. The lowest BCUT2D eigenvalue weighted by molar-refractivity contribution is 0.566. The first-order chi connectivity index (χ1) is 5.05. The molecule has 0 aromatic carbocycles. The Balaban J connectivity index is 3.02. The van der Waals surface area contributed by atoms with Gasteiger partial charge in [-0.3, -0.25) is 0 Å². The molecule has 0 aliphatic heterocycles. The second-order valence-corrected chi connectivity index (χ2v) is 4.56. The fraction of sp³-hybridized carbons (Fsp3) is 0.667. The van der Waals surface area contributed by atoms with Crippen molar-refractivity contribution in [1.82, 2.24) is 4.98 Å². The van der Waals surface area contributed by atoms with Crippen LogP contribution in [0.2, 0.25) is 0 Å². The van der Waals surface area contributed by atoms with Gasteiger partial charge >= 0.3 is 0 Å². The average molecular weight is 168 g/mol. The summed E-state index contributed by atoms with van der Waals surface area (Å²) < 4.78 is 0.